The number of aliphatic carboxylic acids is 1. The number of carbonyl (C=O) groups is 3. The molecule has 1 heterocycles. The largest absolute Gasteiger partial charge is 0.480 e. The number of rotatable bonds is 3. The average Bonchev–Trinajstić information content (AvgIpc) is 2.56. The van der Waals surface area contributed by atoms with Crippen LogP contribution in [0.3, 0.4) is 0 Å². The molecule has 8 heteroatoms. The van der Waals surface area contributed by atoms with Crippen molar-refractivity contribution in [3.05, 3.63) is 29.3 Å². The van der Waals surface area contributed by atoms with Gasteiger partial charge in [0.15, 0.2) is 11.6 Å². The van der Waals surface area contributed by atoms with Crippen molar-refractivity contribution in [2.45, 2.75) is 6.04 Å². The molecule has 0 saturated carbocycles. The Hall–Kier alpha value is -2.35. The number of hydrogen-bond donors (Lipinski definition) is 2. The molecule has 3 N–H and O–H groups in total. The van der Waals surface area contributed by atoms with E-state index in [0.717, 1.165) is 4.90 Å². The molecule has 0 aliphatic carbocycles. The molecule has 0 saturated heterocycles. The van der Waals surface area contributed by atoms with E-state index in [1.807, 2.05) is 0 Å². The first-order valence-corrected chi connectivity index (χ1v) is 5.16. The minimum absolute atomic E-state index is 0.175. The van der Waals surface area contributed by atoms with Gasteiger partial charge < -0.3 is 15.7 Å². The lowest BCUT2D eigenvalue weighted by atomic mass is 10.1. The molecule has 0 fully saturated rings. The van der Waals surface area contributed by atoms with Gasteiger partial charge in [0.1, 0.15) is 6.04 Å². The fourth-order valence-corrected chi connectivity index (χ4v) is 1.74. The number of anilines is 1. The van der Waals surface area contributed by atoms with Crippen LogP contribution in [0.15, 0.2) is 12.1 Å². The highest BCUT2D eigenvalue weighted by Crippen LogP contribution is 2.30. The van der Waals surface area contributed by atoms with Gasteiger partial charge in [0.05, 0.1) is 17.8 Å². The Kier molecular flexibility index (Phi) is 3.03. The van der Waals surface area contributed by atoms with E-state index in [4.69, 9.17) is 10.8 Å². The standard InChI is InChI=1S/C11H8F2N2O4/c12-5-1-4-8(2-6(5)13)15(10(17)9(4)16)3-7(14)11(18)19/h1-2,7H,3,14H2,(H,18,19). The van der Waals surface area contributed by atoms with Gasteiger partial charge in [0, 0.05) is 6.07 Å². The molecule has 1 aromatic carbocycles. The molecule has 1 aliphatic rings. The topological polar surface area (TPSA) is 101 Å². The molecular formula is C11H8F2N2O4. The first kappa shape index (κ1) is 13.1. The summed E-state index contributed by atoms with van der Waals surface area (Å²) in [5.74, 6) is -5.96. The number of carboxylic acids is 1. The summed E-state index contributed by atoms with van der Waals surface area (Å²) in [7, 11) is 0. The third kappa shape index (κ3) is 2.06. The maximum Gasteiger partial charge on any atom is 0.322 e. The van der Waals surface area contributed by atoms with Crippen LogP contribution in [0.5, 0.6) is 0 Å². The number of Topliss-reactive ketones (excluding diaryl/α,β-unsaturated/α-hetero) is 1. The molecule has 1 aliphatic heterocycles. The highest BCUT2D eigenvalue weighted by atomic mass is 19.2. The molecule has 1 amide bonds. The fraction of sp³-hybridized carbons (Fsp3) is 0.182. The molecule has 19 heavy (non-hydrogen) atoms. The van der Waals surface area contributed by atoms with Crippen LogP contribution in [0, 0.1) is 11.6 Å². The molecule has 1 atom stereocenters. The predicted octanol–water partition coefficient (Wildman–Crippen LogP) is -0.0940. The summed E-state index contributed by atoms with van der Waals surface area (Å²) in [6.07, 6.45) is 0. The number of hydrogen-bond acceptors (Lipinski definition) is 4. The fourth-order valence-electron chi connectivity index (χ4n) is 1.74. The van der Waals surface area contributed by atoms with E-state index in [2.05, 4.69) is 0 Å². The molecule has 0 bridgehead atoms. The predicted molar refractivity (Wildman–Crippen MR) is 58.7 cm³/mol. The summed E-state index contributed by atoms with van der Waals surface area (Å²) in [6, 6.07) is -0.157. The molecule has 1 unspecified atom stereocenters. The molecule has 0 radical (unpaired) electrons. The summed E-state index contributed by atoms with van der Waals surface area (Å²) in [4.78, 5) is 34.5. The Morgan fingerprint density at radius 3 is 2.47 bits per heavy atom. The minimum Gasteiger partial charge on any atom is -0.480 e. The van der Waals surface area contributed by atoms with Gasteiger partial charge in [-0.25, -0.2) is 8.78 Å². The zero-order chi connectivity index (χ0) is 14.3. The highest BCUT2D eigenvalue weighted by Gasteiger charge is 2.38. The summed E-state index contributed by atoms with van der Waals surface area (Å²) in [5.41, 5.74) is 4.78. The molecule has 0 aromatic heterocycles. The zero-order valence-corrected chi connectivity index (χ0v) is 9.39. The van der Waals surface area contributed by atoms with Gasteiger partial charge >= 0.3 is 5.97 Å². The lowest BCUT2D eigenvalue weighted by Gasteiger charge is -2.18. The Labute approximate surface area is 105 Å². The summed E-state index contributed by atoms with van der Waals surface area (Å²) < 4.78 is 26.1. The van der Waals surface area contributed by atoms with E-state index in [-0.39, 0.29) is 11.3 Å². The van der Waals surface area contributed by atoms with Crippen LogP contribution >= 0.6 is 0 Å². The van der Waals surface area contributed by atoms with E-state index in [9.17, 15) is 23.2 Å². The second-order valence-corrected chi connectivity index (χ2v) is 3.97. The van der Waals surface area contributed by atoms with Gasteiger partial charge in [-0.1, -0.05) is 0 Å². The molecule has 100 valence electrons. The monoisotopic (exact) mass is 270 g/mol. The van der Waals surface area contributed by atoms with E-state index < -0.39 is 41.9 Å². The molecule has 1 aromatic rings. The van der Waals surface area contributed by atoms with E-state index in [1.54, 1.807) is 0 Å². The van der Waals surface area contributed by atoms with Crippen LogP contribution in [0.4, 0.5) is 14.5 Å². The van der Waals surface area contributed by atoms with Gasteiger partial charge in [0.25, 0.3) is 11.7 Å². The number of benzene rings is 1. The zero-order valence-electron chi connectivity index (χ0n) is 9.39. The third-order valence-corrected chi connectivity index (χ3v) is 2.71. The smallest absolute Gasteiger partial charge is 0.322 e. The van der Waals surface area contributed by atoms with Gasteiger partial charge in [-0.15, -0.1) is 0 Å². The van der Waals surface area contributed by atoms with Crippen LogP contribution < -0.4 is 10.6 Å². The van der Waals surface area contributed by atoms with E-state index >= 15 is 0 Å². The number of carbonyl (C=O) groups excluding carboxylic acids is 2. The molecule has 2 rings (SSSR count). The van der Waals surface area contributed by atoms with Crippen LogP contribution in [0.25, 0.3) is 0 Å². The first-order valence-electron chi connectivity index (χ1n) is 5.16. The number of amides is 1. The van der Waals surface area contributed by atoms with Crippen LogP contribution in [-0.4, -0.2) is 35.4 Å². The van der Waals surface area contributed by atoms with E-state index in [0.29, 0.717) is 12.1 Å². The number of nitrogens with two attached hydrogens (primary N) is 1. The number of fused-ring (bicyclic) bond motifs is 1. The average molecular weight is 270 g/mol. The van der Waals surface area contributed by atoms with Crippen molar-refractivity contribution < 1.29 is 28.3 Å². The van der Waals surface area contributed by atoms with Crippen molar-refractivity contribution in [1.82, 2.24) is 0 Å². The Bertz CT molecular complexity index is 603. The SMILES string of the molecule is NC(CN1C(=O)C(=O)c2cc(F)c(F)cc21)C(=O)O. The first-order chi connectivity index (χ1) is 8.82. The summed E-state index contributed by atoms with van der Waals surface area (Å²) >= 11 is 0. The van der Waals surface area contributed by atoms with Crippen molar-refractivity contribution in [3.8, 4) is 0 Å². The lowest BCUT2D eigenvalue weighted by molar-refractivity contribution is -0.138. The number of ketones is 1. The molecular weight excluding hydrogens is 262 g/mol. The number of halogens is 2. The maximum atomic E-state index is 13.1. The quantitative estimate of drug-likeness (QED) is 0.747. The Morgan fingerprint density at radius 1 is 1.32 bits per heavy atom. The summed E-state index contributed by atoms with van der Waals surface area (Å²) in [5, 5.41) is 8.66. The van der Waals surface area contributed by atoms with Crippen molar-refractivity contribution in [1.29, 1.82) is 0 Å². The highest BCUT2D eigenvalue weighted by molar-refractivity contribution is 6.52. The van der Waals surface area contributed by atoms with Crippen molar-refractivity contribution in [3.63, 3.8) is 0 Å². The van der Waals surface area contributed by atoms with Crippen molar-refractivity contribution in [2.75, 3.05) is 11.4 Å². The summed E-state index contributed by atoms with van der Waals surface area (Å²) in [6.45, 7) is -0.502. The minimum atomic E-state index is -1.43. The van der Waals surface area contributed by atoms with Gasteiger partial charge in [-0.05, 0) is 6.07 Å². The second-order valence-electron chi connectivity index (χ2n) is 3.97. The number of nitrogens with zero attached hydrogens (tertiary/aromatic N) is 1. The lowest BCUT2D eigenvalue weighted by Crippen LogP contribution is -2.44. The van der Waals surface area contributed by atoms with Crippen molar-refractivity contribution >= 4 is 23.3 Å². The van der Waals surface area contributed by atoms with Gasteiger partial charge in [-0.3, -0.25) is 14.4 Å². The van der Waals surface area contributed by atoms with Crippen LogP contribution in [0.2, 0.25) is 0 Å². The van der Waals surface area contributed by atoms with Gasteiger partial charge in [-0.2, -0.15) is 0 Å². The van der Waals surface area contributed by atoms with Crippen LogP contribution in [0.1, 0.15) is 10.4 Å². The third-order valence-electron chi connectivity index (χ3n) is 2.71. The molecule has 6 nitrogen and oxygen atoms in total. The Balaban J connectivity index is 2.44. The normalized spacial score (nSPS) is 15.6. The van der Waals surface area contributed by atoms with Gasteiger partial charge in [0.2, 0.25) is 0 Å². The van der Waals surface area contributed by atoms with E-state index in [1.165, 1.54) is 0 Å². The van der Waals surface area contributed by atoms with Crippen LogP contribution in [-0.2, 0) is 9.59 Å². The van der Waals surface area contributed by atoms with Crippen molar-refractivity contribution in [2.24, 2.45) is 5.73 Å². The maximum absolute atomic E-state index is 13.1. The number of carboxylic acid groups (broad SMARTS) is 1. The molecule has 0 spiro atoms. The second kappa shape index (κ2) is 4.39. The Morgan fingerprint density at radius 2 is 1.89 bits per heavy atom.